The second-order valence-electron chi connectivity index (χ2n) is 3.06. The number of rotatable bonds is 2. The zero-order chi connectivity index (χ0) is 10.8. The summed E-state index contributed by atoms with van der Waals surface area (Å²) >= 11 is 5.63. The van der Waals surface area contributed by atoms with Gasteiger partial charge in [0.15, 0.2) is 5.82 Å². The van der Waals surface area contributed by atoms with Crippen LogP contribution in [0.15, 0.2) is 30.7 Å². The second-order valence-corrected chi connectivity index (χ2v) is 3.45. The van der Waals surface area contributed by atoms with Crippen molar-refractivity contribution < 1.29 is 4.79 Å². The highest BCUT2D eigenvalue weighted by atomic mass is 35.5. The molecule has 0 aliphatic heterocycles. The Kier molecular flexibility index (Phi) is 2.51. The topological polar surface area (TPSA) is 47.8 Å². The maximum atomic E-state index is 11.9. The van der Waals surface area contributed by atoms with Gasteiger partial charge in [-0.2, -0.15) is 0 Å². The largest absolute Gasteiger partial charge is 0.331 e. The molecule has 0 spiro atoms. The van der Waals surface area contributed by atoms with Gasteiger partial charge in [-0.25, -0.2) is 9.97 Å². The van der Waals surface area contributed by atoms with Gasteiger partial charge < -0.3 is 4.57 Å². The van der Waals surface area contributed by atoms with E-state index in [1.54, 1.807) is 36.1 Å². The van der Waals surface area contributed by atoms with Crippen LogP contribution in [0.2, 0.25) is 5.15 Å². The SMILES string of the molecule is Cn1ccnc1C(=O)c1ccc(Cl)nc1. The molecule has 76 valence electrons. The Morgan fingerprint density at radius 2 is 2.20 bits per heavy atom. The third kappa shape index (κ3) is 1.89. The molecule has 2 rings (SSSR count). The minimum Gasteiger partial charge on any atom is -0.331 e. The standard InChI is InChI=1S/C10H8ClN3O/c1-14-5-4-12-10(14)9(15)7-2-3-8(11)13-6-7/h2-6H,1H3. The Hall–Kier alpha value is -1.68. The number of aryl methyl sites for hydroxylation is 1. The van der Waals surface area contributed by atoms with Crippen molar-refractivity contribution in [1.82, 2.24) is 14.5 Å². The van der Waals surface area contributed by atoms with Crippen LogP contribution < -0.4 is 0 Å². The Morgan fingerprint density at radius 3 is 2.73 bits per heavy atom. The highest BCUT2D eigenvalue weighted by Crippen LogP contribution is 2.09. The van der Waals surface area contributed by atoms with Crippen molar-refractivity contribution in [3.8, 4) is 0 Å². The van der Waals surface area contributed by atoms with Gasteiger partial charge in [-0.3, -0.25) is 4.79 Å². The van der Waals surface area contributed by atoms with E-state index >= 15 is 0 Å². The first-order chi connectivity index (χ1) is 7.18. The fraction of sp³-hybridized carbons (Fsp3) is 0.100. The Balaban J connectivity index is 2.37. The van der Waals surface area contributed by atoms with Crippen molar-refractivity contribution in [3.05, 3.63) is 47.3 Å². The van der Waals surface area contributed by atoms with Crippen molar-refractivity contribution in [2.75, 3.05) is 0 Å². The second kappa shape index (κ2) is 3.82. The lowest BCUT2D eigenvalue weighted by atomic mass is 10.2. The van der Waals surface area contributed by atoms with Gasteiger partial charge >= 0.3 is 0 Å². The molecule has 5 heteroatoms. The van der Waals surface area contributed by atoms with Crippen LogP contribution in [0.5, 0.6) is 0 Å². The molecule has 0 N–H and O–H groups in total. The smallest absolute Gasteiger partial charge is 0.229 e. The molecule has 4 nitrogen and oxygen atoms in total. The number of hydrogen-bond donors (Lipinski definition) is 0. The van der Waals surface area contributed by atoms with Crippen molar-refractivity contribution in [1.29, 1.82) is 0 Å². The zero-order valence-electron chi connectivity index (χ0n) is 8.01. The zero-order valence-corrected chi connectivity index (χ0v) is 8.77. The lowest BCUT2D eigenvalue weighted by Crippen LogP contribution is -2.08. The van der Waals surface area contributed by atoms with Crippen molar-refractivity contribution in [2.24, 2.45) is 7.05 Å². The van der Waals surface area contributed by atoms with Crippen molar-refractivity contribution in [2.45, 2.75) is 0 Å². The van der Waals surface area contributed by atoms with E-state index in [9.17, 15) is 4.79 Å². The number of halogens is 1. The van der Waals surface area contributed by atoms with E-state index in [0.717, 1.165) is 0 Å². The van der Waals surface area contributed by atoms with Gasteiger partial charge in [0, 0.05) is 31.2 Å². The van der Waals surface area contributed by atoms with E-state index in [4.69, 9.17) is 11.6 Å². The van der Waals surface area contributed by atoms with Crippen LogP contribution in [0.1, 0.15) is 16.2 Å². The number of nitrogens with zero attached hydrogens (tertiary/aromatic N) is 3. The lowest BCUT2D eigenvalue weighted by molar-refractivity contribution is 0.102. The summed E-state index contributed by atoms with van der Waals surface area (Å²) in [4.78, 5) is 19.7. The molecule has 15 heavy (non-hydrogen) atoms. The van der Waals surface area contributed by atoms with Gasteiger partial charge in [-0.05, 0) is 12.1 Å². The summed E-state index contributed by atoms with van der Waals surface area (Å²) in [6, 6.07) is 3.21. The van der Waals surface area contributed by atoms with Gasteiger partial charge in [-0.15, -0.1) is 0 Å². The molecule has 2 aromatic heterocycles. The van der Waals surface area contributed by atoms with Crippen molar-refractivity contribution >= 4 is 17.4 Å². The molecular formula is C10H8ClN3O. The molecule has 0 bridgehead atoms. The molecule has 0 saturated carbocycles. The van der Waals surface area contributed by atoms with Crippen LogP contribution in [-0.2, 0) is 7.05 Å². The van der Waals surface area contributed by atoms with Crippen molar-refractivity contribution in [3.63, 3.8) is 0 Å². The number of hydrogen-bond acceptors (Lipinski definition) is 3. The van der Waals surface area contributed by atoms with Crippen LogP contribution in [-0.4, -0.2) is 20.3 Å². The number of aromatic nitrogens is 3. The molecule has 0 aliphatic rings. The summed E-state index contributed by atoms with van der Waals surface area (Å²) in [6.07, 6.45) is 4.74. The van der Waals surface area contributed by atoms with Crippen LogP contribution >= 0.6 is 11.6 Å². The van der Waals surface area contributed by atoms with Crippen LogP contribution in [0.3, 0.4) is 0 Å². The lowest BCUT2D eigenvalue weighted by Gasteiger charge is -2.00. The third-order valence-electron chi connectivity index (χ3n) is 2.01. The Bertz CT molecular complexity index is 490. The summed E-state index contributed by atoms with van der Waals surface area (Å²) in [5.41, 5.74) is 0.480. The Morgan fingerprint density at radius 1 is 1.40 bits per heavy atom. The van der Waals surface area contributed by atoms with Crippen LogP contribution in [0.4, 0.5) is 0 Å². The first kappa shape index (κ1) is 9.86. The first-order valence-electron chi connectivity index (χ1n) is 4.32. The fourth-order valence-electron chi connectivity index (χ4n) is 1.22. The predicted octanol–water partition coefficient (Wildman–Crippen LogP) is 1.70. The summed E-state index contributed by atoms with van der Waals surface area (Å²) < 4.78 is 1.66. The quantitative estimate of drug-likeness (QED) is 0.573. The number of ketones is 1. The Labute approximate surface area is 91.5 Å². The molecule has 0 amide bonds. The average molecular weight is 222 g/mol. The molecule has 0 fully saturated rings. The number of carbonyl (C=O) groups is 1. The molecular weight excluding hydrogens is 214 g/mol. The number of pyridine rings is 1. The number of imidazole rings is 1. The first-order valence-corrected chi connectivity index (χ1v) is 4.70. The van der Waals surface area contributed by atoms with E-state index < -0.39 is 0 Å². The minimum absolute atomic E-state index is 0.160. The normalized spacial score (nSPS) is 10.3. The minimum atomic E-state index is -0.160. The van der Waals surface area contributed by atoms with Gasteiger partial charge in [0.05, 0.1) is 0 Å². The van der Waals surface area contributed by atoms with Gasteiger partial charge in [0.25, 0.3) is 0 Å². The molecule has 2 aromatic rings. The van der Waals surface area contributed by atoms with Gasteiger partial charge in [0.1, 0.15) is 5.15 Å². The highest BCUT2D eigenvalue weighted by molar-refractivity contribution is 6.29. The molecule has 2 heterocycles. The maximum absolute atomic E-state index is 11.9. The molecule has 0 aromatic carbocycles. The number of carbonyl (C=O) groups excluding carboxylic acids is 1. The van der Waals surface area contributed by atoms with E-state index in [2.05, 4.69) is 9.97 Å². The highest BCUT2D eigenvalue weighted by Gasteiger charge is 2.13. The molecule has 0 saturated heterocycles. The molecule has 0 aliphatic carbocycles. The third-order valence-corrected chi connectivity index (χ3v) is 2.24. The molecule has 0 radical (unpaired) electrons. The van der Waals surface area contributed by atoms with Crippen LogP contribution in [0, 0.1) is 0 Å². The van der Waals surface area contributed by atoms with Gasteiger partial charge in [0.2, 0.25) is 5.78 Å². The molecule has 0 atom stereocenters. The monoisotopic (exact) mass is 221 g/mol. The summed E-state index contributed by atoms with van der Waals surface area (Å²) in [5, 5.41) is 0.367. The summed E-state index contributed by atoms with van der Waals surface area (Å²) in [6.45, 7) is 0. The van der Waals surface area contributed by atoms with E-state index in [0.29, 0.717) is 16.5 Å². The van der Waals surface area contributed by atoms with E-state index in [-0.39, 0.29) is 5.78 Å². The predicted molar refractivity (Wildman–Crippen MR) is 55.9 cm³/mol. The maximum Gasteiger partial charge on any atom is 0.229 e. The average Bonchev–Trinajstić information content (AvgIpc) is 2.65. The van der Waals surface area contributed by atoms with E-state index in [1.807, 2.05) is 0 Å². The van der Waals surface area contributed by atoms with E-state index in [1.165, 1.54) is 6.20 Å². The molecule has 0 unspecified atom stereocenters. The fourth-order valence-corrected chi connectivity index (χ4v) is 1.34. The summed E-state index contributed by atoms with van der Waals surface area (Å²) in [7, 11) is 1.77. The van der Waals surface area contributed by atoms with Gasteiger partial charge in [-0.1, -0.05) is 11.6 Å². The van der Waals surface area contributed by atoms with Crippen LogP contribution in [0.25, 0.3) is 0 Å². The summed E-state index contributed by atoms with van der Waals surface area (Å²) in [5.74, 6) is 0.228.